The molecule has 128 valence electrons. The molecule has 0 radical (unpaired) electrons. The number of halogens is 2. The number of Topliss-reactive ketones (excluding diaryl/α,β-unsaturated/α-hetero) is 1. The van der Waals surface area contributed by atoms with Crippen LogP contribution in [0.1, 0.15) is 74.7 Å². The predicted molar refractivity (Wildman–Crippen MR) is 97.9 cm³/mol. The molecule has 1 saturated carbocycles. The van der Waals surface area contributed by atoms with Crippen LogP contribution in [0, 0.1) is 0 Å². The Hall–Kier alpha value is -0.870. The summed E-state index contributed by atoms with van der Waals surface area (Å²) in [5.41, 5.74) is 1.90. The number of carboxylic acids is 1. The second-order valence-electron chi connectivity index (χ2n) is 6.39. The number of alkyl halides is 1. The molecule has 1 aliphatic carbocycles. The predicted octanol–water partition coefficient (Wildman–Crippen LogP) is 5.83. The first kappa shape index (κ1) is 20.2. The molecule has 0 aliphatic heterocycles. The highest BCUT2D eigenvalue weighted by Gasteiger charge is 2.26. The highest BCUT2D eigenvalue weighted by atomic mass is 79.9. The van der Waals surface area contributed by atoms with Crippen LogP contribution in [0.4, 0.5) is 0 Å². The Bertz CT molecular complexity index is 554. The summed E-state index contributed by atoms with van der Waals surface area (Å²) >= 11 is 9.80. The van der Waals surface area contributed by atoms with E-state index >= 15 is 0 Å². The fraction of sp³-hybridized carbons (Fsp3) is 0.556. The third kappa shape index (κ3) is 6.64. The van der Waals surface area contributed by atoms with Crippen molar-refractivity contribution >= 4 is 39.3 Å². The van der Waals surface area contributed by atoms with E-state index in [1.807, 2.05) is 32.0 Å². The lowest BCUT2D eigenvalue weighted by atomic mass is 9.83. The van der Waals surface area contributed by atoms with Gasteiger partial charge in [0, 0.05) is 17.5 Å². The molecule has 0 unspecified atom stereocenters. The molecule has 23 heavy (non-hydrogen) atoms. The van der Waals surface area contributed by atoms with E-state index in [0.29, 0.717) is 11.5 Å². The van der Waals surface area contributed by atoms with Crippen molar-refractivity contribution in [2.24, 2.45) is 0 Å². The van der Waals surface area contributed by atoms with Crippen LogP contribution in [-0.2, 0) is 4.79 Å². The monoisotopic (exact) mass is 402 g/mol. The molecule has 3 nitrogen and oxygen atoms in total. The molecule has 1 fully saturated rings. The summed E-state index contributed by atoms with van der Waals surface area (Å²) in [5, 5.41) is 8.16. The zero-order valence-electron chi connectivity index (χ0n) is 13.9. The molecular formula is C18H24BrClO3. The van der Waals surface area contributed by atoms with E-state index in [0.717, 1.165) is 11.9 Å². The number of hydrogen-bond donors (Lipinski definition) is 1. The Kier molecular flexibility index (Phi) is 7.75. The van der Waals surface area contributed by atoms with E-state index in [-0.39, 0.29) is 5.78 Å². The van der Waals surface area contributed by atoms with Crippen molar-refractivity contribution in [2.75, 3.05) is 0 Å². The van der Waals surface area contributed by atoms with Crippen LogP contribution < -0.4 is 0 Å². The zero-order chi connectivity index (χ0) is 17.6. The highest BCUT2D eigenvalue weighted by Crippen LogP contribution is 2.37. The number of carbonyl (C=O) groups is 2. The van der Waals surface area contributed by atoms with Crippen LogP contribution in [0.25, 0.3) is 0 Å². The van der Waals surface area contributed by atoms with Gasteiger partial charge in [0.2, 0.25) is 0 Å². The second kappa shape index (κ2) is 8.84. The smallest absolute Gasteiger partial charge is 0.300 e. The number of benzene rings is 1. The third-order valence-electron chi connectivity index (χ3n) is 3.85. The lowest BCUT2D eigenvalue weighted by Crippen LogP contribution is -2.24. The van der Waals surface area contributed by atoms with Gasteiger partial charge in [-0.05, 0) is 44.2 Å². The second-order valence-corrected chi connectivity index (χ2v) is 8.78. The molecule has 1 aliphatic rings. The fourth-order valence-corrected chi connectivity index (χ4v) is 3.32. The van der Waals surface area contributed by atoms with Crippen molar-refractivity contribution < 1.29 is 14.7 Å². The largest absolute Gasteiger partial charge is 0.481 e. The molecule has 0 bridgehead atoms. The van der Waals surface area contributed by atoms with Gasteiger partial charge in [0.25, 0.3) is 5.97 Å². The normalized spacial score (nSPS) is 15.5. The summed E-state index contributed by atoms with van der Waals surface area (Å²) in [4.78, 5) is 21.2. The van der Waals surface area contributed by atoms with E-state index in [1.54, 1.807) is 0 Å². The van der Waals surface area contributed by atoms with Crippen molar-refractivity contribution in [2.45, 2.75) is 63.1 Å². The fourth-order valence-electron chi connectivity index (χ4n) is 2.76. The maximum atomic E-state index is 12.2. The molecule has 0 heterocycles. The minimum Gasteiger partial charge on any atom is -0.481 e. The van der Waals surface area contributed by atoms with Crippen LogP contribution >= 0.6 is 27.5 Å². The molecule has 1 aromatic rings. The topological polar surface area (TPSA) is 54.4 Å². The van der Waals surface area contributed by atoms with Crippen LogP contribution in [0.15, 0.2) is 18.2 Å². The zero-order valence-corrected chi connectivity index (χ0v) is 16.2. The summed E-state index contributed by atoms with van der Waals surface area (Å²) in [6.07, 6.45) is 6.35. The molecule has 0 saturated heterocycles. The summed E-state index contributed by atoms with van der Waals surface area (Å²) in [5.74, 6) is -0.188. The van der Waals surface area contributed by atoms with Crippen molar-refractivity contribution in [3.05, 3.63) is 34.3 Å². The number of carbonyl (C=O) groups excluding carboxylic acids is 1. The summed E-state index contributed by atoms with van der Waals surface area (Å²) in [6.45, 7) is 4.80. The first-order valence-corrected chi connectivity index (χ1v) is 9.02. The minimum atomic E-state index is -0.833. The molecule has 0 aromatic heterocycles. The van der Waals surface area contributed by atoms with E-state index in [9.17, 15) is 4.79 Å². The van der Waals surface area contributed by atoms with E-state index in [4.69, 9.17) is 21.5 Å². The number of carboxylic acid groups (broad SMARTS) is 1. The minimum absolute atomic E-state index is 0.0737. The van der Waals surface area contributed by atoms with Crippen molar-refractivity contribution in [3.8, 4) is 0 Å². The Morgan fingerprint density at radius 1 is 1.22 bits per heavy atom. The van der Waals surface area contributed by atoms with Gasteiger partial charge in [-0.15, -0.1) is 0 Å². The van der Waals surface area contributed by atoms with Gasteiger partial charge in [0.05, 0.1) is 4.32 Å². The van der Waals surface area contributed by atoms with Crippen molar-refractivity contribution in [1.82, 2.24) is 0 Å². The molecule has 0 atom stereocenters. The first-order valence-electron chi connectivity index (χ1n) is 7.85. The lowest BCUT2D eigenvalue weighted by Gasteiger charge is -2.23. The Morgan fingerprint density at radius 3 is 2.17 bits per heavy atom. The molecule has 1 aromatic carbocycles. The molecule has 0 amide bonds. The van der Waals surface area contributed by atoms with Crippen LogP contribution in [0.5, 0.6) is 0 Å². The summed E-state index contributed by atoms with van der Waals surface area (Å²) < 4.78 is -0.539. The molecule has 2 rings (SSSR count). The Labute approximate surface area is 151 Å². The first-order chi connectivity index (χ1) is 10.6. The highest BCUT2D eigenvalue weighted by molar-refractivity contribution is 9.10. The van der Waals surface area contributed by atoms with Crippen LogP contribution in [-0.4, -0.2) is 21.2 Å². The van der Waals surface area contributed by atoms with Gasteiger partial charge >= 0.3 is 0 Å². The summed E-state index contributed by atoms with van der Waals surface area (Å²) in [6, 6.07) is 5.79. The van der Waals surface area contributed by atoms with Gasteiger partial charge in [-0.1, -0.05) is 58.9 Å². The number of hydrogen-bond acceptors (Lipinski definition) is 2. The number of ketones is 1. The number of aliphatic carboxylic acids is 1. The van der Waals surface area contributed by atoms with Gasteiger partial charge in [0.1, 0.15) is 0 Å². The van der Waals surface area contributed by atoms with Gasteiger partial charge in [-0.2, -0.15) is 0 Å². The van der Waals surface area contributed by atoms with E-state index in [1.165, 1.54) is 37.7 Å². The van der Waals surface area contributed by atoms with Crippen molar-refractivity contribution in [3.63, 3.8) is 0 Å². The standard InChI is InChI=1S/C16H20BrClO.C2H4O2/c1-16(2,17)15(19)12-8-9-13(14(18)10-12)11-6-4-3-5-7-11;1-2(3)4/h8-11H,3-7H2,1-2H3;1H3,(H,3,4). The van der Waals surface area contributed by atoms with Crippen molar-refractivity contribution in [1.29, 1.82) is 0 Å². The SMILES string of the molecule is CC(=O)O.CC(C)(Br)C(=O)c1ccc(C2CCCCC2)c(Cl)c1. The van der Waals surface area contributed by atoms with Crippen LogP contribution in [0.2, 0.25) is 5.02 Å². The van der Waals surface area contributed by atoms with Gasteiger partial charge in [-0.25, -0.2) is 0 Å². The Morgan fingerprint density at radius 2 is 1.74 bits per heavy atom. The van der Waals surface area contributed by atoms with E-state index < -0.39 is 10.3 Å². The Balaban J connectivity index is 0.000000593. The number of rotatable bonds is 3. The quantitative estimate of drug-likeness (QED) is 0.510. The molecule has 1 N–H and O–H groups in total. The molecule has 0 spiro atoms. The average molecular weight is 404 g/mol. The van der Waals surface area contributed by atoms with Crippen LogP contribution in [0.3, 0.4) is 0 Å². The van der Waals surface area contributed by atoms with Gasteiger partial charge in [0.15, 0.2) is 5.78 Å². The van der Waals surface area contributed by atoms with Gasteiger partial charge < -0.3 is 5.11 Å². The maximum absolute atomic E-state index is 12.2. The lowest BCUT2D eigenvalue weighted by molar-refractivity contribution is -0.134. The maximum Gasteiger partial charge on any atom is 0.300 e. The molecule has 5 heteroatoms. The average Bonchev–Trinajstić information content (AvgIpc) is 2.45. The summed E-state index contributed by atoms with van der Waals surface area (Å²) in [7, 11) is 0. The third-order valence-corrected chi connectivity index (χ3v) is 4.54. The molecular weight excluding hydrogens is 380 g/mol. The van der Waals surface area contributed by atoms with E-state index in [2.05, 4.69) is 15.9 Å². The van der Waals surface area contributed by atoms with Gasteiger partial charge in [-0.3, -0.25) is 9.59 Å².